The van der Waals surface area contributed by atoms with Crippen molar-refractivity contribution in [1.29, 1.82) is 0 Å². The minimum Gasteiger partial charge on any atom is -0.462 e. The fraction of sp³-hybridized carbons (Fsp3) is 0.500. The molecule has 6 heteroatoms. The van der Waals surface area contributed by atoms with Gasteiger partial charge in [0, 0.05) is 30.0 Å². The maximum atomic E-state index is 12.3. The molecule has 110 valence electrons. The summed E-state index contributed by atoms with van der Waals surface area (Å²) in [6, 6.07) is 4.64. The van der Waals surface area contributed by atoms with Crippen molar-refractivity contribution in [2.24, 2.45) is 0 Å². The number of ether oxygens (including phenoxy) is 1. The molecule has 1 saturated heterocycles. The number of benzene rings is 1. The lowest BCUT2D eigenvalue weighted by Crippen LogP contribution is -3.10. The summed E-state index contributed by atoms with van der Waals surface area (Å²) in [5.41, 5.74) is 0.713. The first-order valence-corrected chi connectivity index (χ1v) is 9.87. The molecule has 1 aromatic carbocycles. The van der Waals surface area contributed by atoms with E-state index < -0.39 is 0 Å². The van der Waals surface area contributed by atoms with Gasteiger partial charge in [-0.05, 0) is 79.9 Å². The Hall–Kier alpha value is 0.840. The number of quaternary nitrogens is 1. The van der Waals surface area contributed by atoms with Gasteiger partial charge in [0.25, 0.3) is 0 Å². The van der Waals surface area contributed by atoms with Crippen molar-refractivity contribution < 1.29 is 14.4 Å². The highest BCUT2D eigenvalue weighted by molar-refractivity contribution is 14.1. The summed E-state index contributed by atoms with van der Waals surface area (Å²) in [6.45, 7) is 1.77. The van der Waals surface area contributed by atoms with E-state index in [0.717, 1.165) is 17.1 Å². The lowest BCUT2D eigenvalue weighted by Gasteiger charge is -2.16. The van der Waals surface area contributed by atoms with Crippen molar-refractivity contribution in [3.8, 4) is 0 Å². The smallest absolute Gasteiger partial charge is 0.340 e. The van der Waals surface area contributed by atoms with Gasteiger partial charge in [-0.15, -0.1) is 0 Å². The van der Waals surface area contributed by atoms with E-state index in [1.54, 1.807) is 4.90 Å². The van der Waals surface area contributed by atoms with E-state index in [4.69, 9.17) is 4.74 Å². The van der Waals surface area contributed by atoms with E-state index in [1.165, 1.54) is 19.4 Å². The van der Waals surface area contributed by atoms with E-state index in [0.29, 0.717) is 18.2 Å². The van der Waals surface area contributed by atoms with Gasteiger partial charge in [0.15, 0.2) is 0 Å². The van der Waals surface area contributed by atoms with Crippen LogP contribution in [0, 0.1) is 10.7 Å². The number of hydrogen-bond acceptors (Lipinski definition) is 2. The Balaban J connectivity index is 1.94. The second kappa shape index (κ2) is 7.91. The standard InChI is InChI=1S/C14H16I3NO2/c1-18-7-2-3-9(18)6-8-20-14(19)12-10(15)4-5-11(16)13(12)17/h4-5,9H,2-3,6-8H2,1H3/p+1. The predicted octanol–water partition coefficient (Wildman–Crippen LogP) is 2.72. The van der Waals surface area contributed by atoms with Gasteiger partial charge in [0.1, 0.15) is 0 Å². The van der Waals surface area contributed by atoms with E-state index in [1.807, 2.05) is 12.1 Å². The average molecular weight is 612 g/mol. The molecule has 2 rings (SSSR count). The maximum Gasteiger partial charge on any atom is 0.340 e. The first-order chi connectivity index (χ1) is 9.50. The molecule has 1 aliphatic rings. The fourth-order valence-electron chi connectivity index (χ4n) is 2.55. The lowest BCUT2D eigenvalue weighted by atomic mass is 10.1. The monoisotopic (exact) mass is 612 g/mol. The number of rotatable bonds is 4. The molecular formula is C14H17I3NO2+. The van der Waals surface area contributed by atoms with E-state index in [9.17, 15) is 4.79 Å². The Morgan fingerprint density at radius 3 is 2.70 bits per heavy atom. The highest BCUT2D eigenvalue weighted by Gasteiger charge is 2.25. The molecule has 1 aromatic rings. The van der Waals surface area contributed by atoms with Gasteiger partial charge in [-0.1, -0.05) is 0 Å². The number of carbonyl (C=O) groups excluding carboxylic acids is 1. The number of nitrogens with one attached hydrogen (secondary N) is 1. The molecule has 3 nitrogen and oxygen atoms in total. The average Bonchev–Trinajstić information content (AvgIpc) is 2.80. The number of hydrogen-bond donors (Lipinski definition) is 1. The highest BCUT2D eigenvalue weighted by Crippen LogP contribution is 2.25. The van der Waals surface area contributed by atoms with Crippen molar-refractivity contribution in [3.63, 3.8) is 0 Å². The van der Waals surface area contributed by atoms with E-state index >= 15 is 0 Å². The Morgan fingerprint density at radius 1 is 1.35 bits per heavy atom. The normalized spacial score (nSPS) is 22.0. The molecule has 0 aromatic heterocycles. The van der Waals surface area contributed by atoms with Gasteiger partial charge in [0.2, 0.25) is 0 Å². The number of carbonyl (C=O) groups is 1. The van der Waals surface area contributed by atoms with Crippen molar-refractivity contribution in [2.75, 3.05) is 20.2 Å². The first-order valence-electron chi connectivity index (χ1n) is 6.63. The van der Waals surface area contributed by atoms with Gasteiger partial charge in [-0.25, -0.2) is 4.79 Å². The molecule has 1 aliphatic heterocycles. The van der Waals surface area contributed by atoms with Crippen LogP contribution in [0.3, 0.4) is 0 Å². The van der Waals surface area contributed by atoms with Crippen LogP contribution in [-0.2, 0) is 4.74 Å². The van der Waals surface area contributed by atoms with Crippen LogP contribution in [0.25, 0.3) is 0 Å². The number of esters is 1. The summed E-state index contributed by atoms with van der Waals surface area (Å²) >= 11 is 6.67. The summed E-state index contributed by atoms with van der Waals surface area (Å²) in [7, 11) is 2.23. The molecule has 0 radical (unpaired) electrons. The van der Waals surface area contributed by atoms with Crippen LogP contribution < -0.4 is 4.90 Å². The summed E-state index contributed by atoms with van der Waals surface area (Å²) < 4.78 is 8.53. The molecule has 2 atom stereocenters. The zero-order valence-electron chi connectivity index (χ0n) is 11.2. The molecule has 0 saturated carbocycles. The first kappa shape index (κ1) is 17.2. The Kier molecular flexibility index (Phi) is 6.80. The molecule has 2 unspecified atom stereocenters. The van der Waals surface area contributed by atoms with Crippen LogP contribution >= 0.6 is 67.8 Å². The minimum atomic E-state index is -0.187. The molecular weight excluding hydrogens is 595 g/mol. The third-order valence-corrected chi connectivity index (χ3v) is 7.72. The number of likely N-dealkylation sites (tertiary alicyclic amines) is 1. The maximum absolute atomic E-state index is 12.3. The third kappa shape index (κ3) is 4.19. The van der Waals surface area contributed by atoms with E-state index in [-0.39, 0.29) is 5.97 Å². The fourth-order valence-corrected chi connectivity index (χ4v) is 4.87. The SMILES string of the molecule is C[NH+]1CCCC1CCOC(=O)c1c(I)ccc(I)c1I. The Labute approximate surface area is 160 Å². The van der Waals surface area contributed by atoms with E-state index in [2.05, 4.69) is 74.8 Å². The molecule has 0 amide bonds. The van der Waals surface area contributed by atoms with Crippen molar-refractivity contribution in [2.45, 2.75) is 25.3 Å². The van der Waals surface area contributed by atoms with Crippen LogP contribution in [0.5, 0.6) is 0 Å². The molecule has 1 N–H and O–H groups in total. The van der Waals surface area contributed by atoms with Crippen molar-refractivity contribution in [3.05, 3.63) is 28.4 Å². The third-order valence-electron chi connectivity index (χ3n) is 3.77. The van der Waals surface area contributed by atoms with Crippen molar-refractivity contribution in [1.82, 2.24) is 0 Å². The Morgan fingerprint density at radius 2 is 2.05 bits per heavy atom. The van der Waals surface area contributed by atoms with Crippen LogP contribution in [-0.4, -0.2) is 32.2 Å². The topological polar surface area (TPSA) is 30.7 Å². The second-order valence-electron chi connectivity index (χ2n) is 5.08. The van der Waals surface area contributed by atoms with Gasteiger partial charge in [-0.3, -0.25) is 0 Å². The highest BCUT2D eigenvalue weighted by atomic mass is 127. The quantitative estimate of drug-likeness (QED) is 0.323. The molecule has 0 bridgehead atoms. The van der Waals surface area contributed by atoms with Crippen LogP contribution in [0.4, 0.5) is 0 Å². The molecule has 1 heterocycles. The second-order valence-corrected chi connectivity index (χ2v) is 8.48. The van der Waals surface area contributed by atoms with Gasteiger partial charge >= 0.3 is 5.97 Å². The van der Waals surface area contributed by atoms with Crippen LogP contribution in [0.2, 0.25) is 0 Å². The van der Waals surface area contributed by atoms with Gasteiger partial charge in [-0.2, -0.15) is 0 Å². The number of halogens is 3. The Bertz CT molecular complexity index is 507. The summed E-state index contributed by atoms with van der Waals surface area (Å²) in [6.07, 6.45) is 3.51. The van der Waals surface area contributed by atoms with Crippen LogP contribution in [0.15, 0.2) is 12.1 Å². The lowest BCUT2D eigenvalue weighted by molar-refractivity contribution is -0.892. The molecule has 0 spiro atoms. The van der Waals surface area contributed by atoms with Gasteiger partial charge in [0.05, 0.1) is 31.8 Å². The molecule has 1 fully saturated rings. The predicted molar refractivity (Wildman–Crippen MR) is 104 cm³/mol. The summed E-state index contributed by atoms with van der Waals surface area (Å²) in [4.78, 5) is 13.8. The van der Waals surface area contributed by atoms with Gasteiger partial charge < -0.3 is 9.64 Å². The summed E-state index contributed by atoms with van der Waals surface area (Å²) in [5.74, 6) is -0.187. The molecule has 0 aliphatic carbocycles. The van der Waals surface area contributed by atoms with Crippen LogP contribution in [0.1, 0.15) is 29.6 Å². The summed E-state index contributed by atoms with van der Waals surface area (Å²) in [5, 5.41) is 0. The largest absolute Gasteiger partial charge is 0.462 e. The zero-order valence-corrected chi connectivity index (χ0v) is 17.7. The molecule has 20 heavy (non-hydrogen) atoms. The van der Waals surface area contributed by atoms with Crippen molar-refractivity contribution >= 4 is 73.7 Å². The zero-order chi connectivity index (χ0) is 14.7. The minimum absolute atomic E-state index is 0.187.